The summed E-state index contributed by atoms with van der Waals surface area (Å²) in [5.41, 5.74) is -1.49. The van der Waals surface area contributed by atoms with Crippen LogP contribution in [0, 0.1) is 0 Å². The van der Waals surface area contributed by atoms with Gasteiger partial charge in [-0.3, -0.25) is 9.78 Å². The van der Waals surface area contributed by atoms with E-state index in [2.05, 4.69) is 10.3 Å². The maximum absolute atomic E-state index is 13.7. The number of rotatable bonds is 2. The predicted octanol–water partition coefficient (Wildman–Crippen LogP) is 3.22. The molecule has 1 aromatic carbocycles. The first-order valence-corrected chi connectivity index (χ1v) is 6.82. The van der Waals surface area contributed by atoms with Gasteiger partial charge in [0, 0.05) is 12.4 Å². The first-order chi connectivity index (χ1) is 10.4. The molecular weight excluding hydrogens is 293 g/mol. The summed E-state index contributed by atoms with van der Waals surface area (Å²) in [6.07, 6.45) is -1.77. The topological polar surface area (TPSA) is 42.0 Å². The summed E-state index contributed by atoms with van der Waals surface area (Å²) in [6, 6.07) is 9.30. The molecule has 2 aromatic rings. The number of nitrogens with zero attached hydrogens (tertiary/aromatic N) is 1. The third-order valence-electron chi connectivity index (χ3n) is 3.98. The number of aromatic nitrogens is 1. The maximum atomic E-state index is 13.7. The molecule has 22 heavy (non-hydrogen) atoms. The number of nitrogens with one attached hydrogen (secondary N) is 1. The summed E-state index contributed by atoms with van der Waals surface area (Å²) in [7, 11) is 0. The molecule has 0 radical (unpaired) electrons. The molecule has 1 aliphatic carbocycles. The van der Waals surface area contributed by atoms with Gasteiger partial charge in [-0.25, -0.2) is 0 Å². The maximum Gasteiger partial charge on any atom is 0.415 e. The lowest BCUT2D eigenvalue weighted by Crippen LogP contribution is -2.54. The lowest BCUT2D eigenvalue weighted by atomic mass is 9.90. The average molecular weight is 306 g/mol. The third kappa shape index (κ3) is 2.24. The van der Waals surface area contributed by atoms with Crippen LogP contribution in [0.2, 0.25) is 0 Å². The molecule has 0 spiro atoms. The van der Waals surface area contributed by atoms with E-state index in [4.69, 9.17) is 0 Å². The summed E-state index contributed by atoms with van der Waals surface area (Å²) in [4.78, 5) is 16.0. The number of fused-ring (bicyclic) bond motifs is 1. The Morgan fingerprint density at radius 1 is 1.18 bits per heavy atom. The largest absolute Gasteiger partial charge is 0.415 e. The van der Waals surface area contributed by atoms with E-state index in [1.54, 1.807) is 18.2 Å². The highest BCUT2D eigenvalue weighted by Crippen LogP contribution is 2.48. The second kappa shape index (κ2) is 5.12. The average Bonchev–Trinajstić information content (AvgIpc) is 2.88. The van der Waals surface area contributed by atoms with Crippen LogP contribution in [0.5, 0.6) is 0 Å². The van der Waals surface area contributed by atoms with Crippen molar-refractivity contribution in [2.75, 3.05) is 0 Å². The Balaban J connectivity index is 2.02. The lowest BCUT2D eigenvalue weighted by molar-refractivity contribution is -0.197. The Morgan fingerprint density at radius 2 is 1.95 bits per heavy atom. The second-order valence-corrected chi connectivity index (χ2v) is 5.26. The second-order valence-electron chi connectivity index (χ2n) is 5.26. The monoisotopic (exact) mass is 306 g/mol. The van der Waals surface area contributed by atoms with Crippen LogP contribution < -0.4 is 5.32 Å². The number of aryl methyl sites for hydroxylation is 1. The third-order valence-corrected chi connectivity index (χ3v) is 3.98. The van der Waals surface area contributed by atoms with E-state index in [0.717, 1.165) is 0 Å². The van der Waals surface area contributed by atoms with Gasteiger partial charge in [0.25, 0.3) is 5.91 Å². The van der Waals surface area contributed by atoms with Gasteiger partial charge in [0.2, 0.25) is 0 Å². The van der Waals surface area contributed by atoms with Crippen LogP contribution in [0.1, 0.15) is 27.9 Å². The number of carbonyl (C=O) groups is 1. The Hall–Kier alpha value is -2.37. The molecule has 3 nitrogen and oxygen atoms in total. The zero-order valence-electron chi connectivity index (χ0n) is 11.5. The number of halogens is 3. The van der Waals surface area contributed by atoms with E-state index in [0.29, 0.717) is 5.56 Å². The first-order valence-electron chi connectivity index (χ1n) is 6.82. The molecule has 1 amide bonds. The number of pyridine rings is 1. The van der Waals surface area contributed by atoms with Crippen LogP contribution in [-0.4, -0.2) is 17.1 Å². The molecule has 1 atom stereocenters. The van der Waals surface area contributed by atoms with E-state index in [-0.39, 0.29) is 24.0 Å². The molecule has 0 bridgehead atoms. The van der Waals surface area contributed by atoms with Gasteiger partial charge in [0.1, 0.15) is 0 Å². The summed E-state index contributed by atoms with van der Waals surface area (Å²) in [5, 5.41) is 2.20. The van der Waals surface area contributed by atoms with Crippen molar-refractivity contribution >= 4 is 5.91 Å². The van der Waals surface area contributed by atoms with E-state index < -0.39 is 17.6 Å². The van der Waals surface area contributed by atoms with E-state index >= 15 is 0 Å². The van der Waals surface area contributed by atoms with Crippen molar-refractivity contribution in [3.63, 3.8) is 0 Å². The van der Waals surface area contributed by atoms with Gasteiger partial charge in [-0.15, -0.1) is 0 Å². The standard InChI is InChI=1S/C16H13F3N2O/c17-16(18,19)15(8-7-11-4-1-2-6-13(11)15)21-14(22)12-5-3-9-20-10-12/h1-6,9-10H,7-8H2,(H,21,22). The highest BCUT2D eigenvalue weighted by molar-refractivity contribution is 5.94. The number of hydrogen-bond acceptors (Lipinski definition) is 2. The number of carbonyl (C=O) groups excluding carboxylic acids is 1. The van der Waals surface area contributed by atoms with Crippen LogP contribution in [0.25, 0.3) is 0 Å². The highest BCUT2D eigenvalue weighted by atomic mass is 19.4. The van der Waals surface area contributed by atoms with Crippen LogP contribution in [0.15, 0.2) is 48.8 Å². The van der Waals surface area contributed by atoms with Crippen LogP contribution >= 0.6 is 0 Å². The van der Waals surface area contributed by atoms with Crippen molar-refractivity contribution in [2.24, 2.45) is 0 Å². The Morgan fingerprint density at radius 3 is 2.64 bits per heavy atom. The molecule has 0 fully saturated rings. The fourth-order valence-electron chi connectivity index (χ4n) is 2.87. The van der Waals surface area contributed by atoms with E-state index in [9.17, 15) is 18.0 Å². The highest BCUT2D eigenvalue weighted by Gasteiger charge is 2.59. The van der Waals surface area contributed by atoms with Crippen molar-refractivity contribution in [1.29, 1.82) is 0 Å². The van der Waals surface area contributed by atoms with Crippen molar-refractivity contribution in [2.45, 2.75) is 24.6 Å². The Labute approximate surface area is 125 Å². The van der Waals surface area contributed by atoms with Gasteiger partial charge in [0.15, 0.2) is 5.54 Å². The van der Waals surface area contributed by atoms with Crippen LogP contribution in [0.3, 0.4) is 0 Å². The lowest BCUT2D eigenvalue weighted by Gasteiger charge is -2.33. The smallest absolute Gasteiger partial charge is 0.334 e. The zero-order chi connectivity index (χ0) is 15.8. The number of amides is 1. The minimum Gasteiger partial charge on any atom is -0.334 e. The molecule has 0 saturated carbocycles. The minimum atomic E-state index is -4.57. The fraction of sp³-hybridized carbons (Fsp3) is 0.250. The normalized spacial score (nSPS) is 20.5. The number of benzene rings is 1. The molecule has 1 N–H and O–H groups in total. The van der Waals surface area contributed by atoms with Crippen LogP contribution in [-0.2, 0) is 12.0 Å². The van der Waals surface area contributed by atoms with Gasteiger partial charge in [-0.05, 0) is 36.1 Å². The summed E-state index contributed by atoms with van der Waals surface area (Å²) < 4.78 is 41.2. The zero-order valence-corrected chi connectivity index (χ0v) is 11.5. The molecular formula is C16H13F3N2O. The molecule has 114 valence electrons. The first kappa shape index (κ1) is 14.6. The molecule has 1 aromatic heterocycles. The molecule has 0 saturated heterocycles. The van der Waals surface area contributed by atoms with Crippen LogP contribution in [0.4, 0.5) is 13.2 Å². The van der Waals surface area contributed by atoms with Crippen molar-refractivity contribution in [3.8, 4) is 0 Å². The predicted molar refractivity (Wildman–Crippen MR) is 74.2 cm³/mol. The number of alkyl halides is 3. The SMILES string of the molecule is O=C(NC1(C(F)(F)F)CCc2ccccc21)c1cccnc1. The molecule has 1 heterocycles. The van der Waals surface area contributed by atoms with Crippen molar-refractivity contribution in [1.82, 2.24) is 10.3 Å². The van der Waals surface area contributed by atoms with Gasteiger partial charge in [-0.1, -0.05) is 24.3 Å². The van der Waals surface area contributed by atoms with E-state index in [1.165, 1.54) is 30.6 Å². The summed E-state index contributed by atoms with van der Waals surface area (Å²) in [6.45, 7) is 0. The van der Waals surface area contributed by atoms with Gasteiger partial charge in [-0.2, -0.15) is 13.2 Å². The van der Waals surface area contributed by atoms with E-state index in [1.807, 2.05) is 0 Å². The molecule has 6 heteroatoms. The summed E-state index contributed by atoms with van der Waals surface area (Å²) >= 11 is 0. The van der Waals surface area contributed by atoms with Crippen molar-refractivity contribution < 1.29 is 18.0 Å². The summed E-state index contributed by atoms with van der Waals surface area (Å²) in [5.74, 6) is -0.776. The fourth-order valence-corrected chi connectivity index (χ4v) is 2.87. The molecule has 1 aliphatic rings. The molecule has 1 unspecified atom stereocenters. The molecule has 0 aliphatic heterocycles. The van der Waals surface area contributed by atoms with Gasteiger partial charge >= 0.3 is 6.18 Å². The number of hydrogen-bond donors (Lipinski definition) is 1. The minimum absolute atomic E-state index is 0.107. The quantitative estimate of drug-likeness (QED) is 0.925. The molecule has 3 rings (SSSR count). The van der Waals surface area contributed by atoms with Crippen molar-refractivity contribution in [3.05, 3.63) is 65.5 Å². The Kier molecular flexibility index (Phi) is 3.39. The van der Waals surface area contributed by atoms with Gasteiger partial charge in [0.05, 0.1) is 5.56 Å². The van der Waals surface area contributed by atoms with Gasteiger partial charge < -0.3 is 5.32 Å². The Bertz CT molecular complexity index is 700.